The summed E-state index contributed by atoms with van der Waals surface area (Å²) in [6.45, 7) is 1.23. The molecule has 78 valence electrons. The summed E-state index contributed by atoms with van der Waals surface area (Å²) in [7, 11) is 0. The molecule has 2 heterocycles. The molecule has 0 bridgehead atoms. The van der Waals surface area contributed by atoms with E-state index in [0.29, 0.717) is 19.0 Å². The fourth-order valence-corrected chi connectivity index (χ4v) is 1.89. The summed E-state index contributed by atoms with van der Waals surface area (Å²) in [5.74, 6) is 0.534. The van der Waals surface area contributed by atoms with Crippen molar-refractivity contribution in [2.24, 2.45) is 0 Å². The number of rotatable bonds is 4. The van der Waals surface area contributed by atoms with Crippen LogP contribution in [0, 0.1) is 0 Å². The molecule has 2 rings (SSSR count). The van der Waals surface area contributed by atoms with Gasteiger partial charge in [0.1, 0.15) is 5.82 Å². The van der Waals surface area contributed by atoms with E-state index in [4.69, 9.17) is 10.5 Å². The first kappa shape index (κ1) is 10.1. The summed E-state index contributed by atoms with van der Waals surface area (Å²) in [5.41, 5.74) is 6.61. The zero-order chi connectivity index (χ0) is 10.5. The Labute approximate surface area is 92.5 Å². The minimum Gasteiger partial charge on any atom is -0.384 e. The van der Waals surface area contributed by atoms with Gasteiger partial charge < -0.3 is 10.5 Å². The minimum atomic E-state index is 0.534. The second-order valence-corrected chi connectivity index (χ2v) is 4.19. The average molecular weight is 220 g/mol. The Kier molecular flexibility index (Phi) is 3.32. The molecule has 2 N–H and O–H groups in total. The number of pyridine rings is 1. The number of aromatic nitrogens is 1. The highest BCUT2D eigenvalue weighted by atomic mass is 32.1. The number of nitrogens with zero attached hydrogens (tertiary/aromatic N) is 1. The van der Waals surface area contributed by atoms with Crippen molar-refractivity contribution in [1.82, 2.24) is 4.98 Å². The van der Waals surface area contributed by atoms with Gasteiger partial charge in [-0.1, -0.05) is 6.07 Å². The average Bonchev–Trinajstić information content (AvgIpc) is 2.71. The summed E-state index contributed by atoms with van der Waals surface area (Å²) in [6.07, 6.45) is 1.69. The van der Waals surface area contributed by atoms with Crippen molar-refractivity contribution in [2.75, 3.05) is 5.73 Å². The third kappa shape index (κ3) is 3.04. The van der Waals surface area contributed by atoms with Gasteiger partial charge in [-0.25, -0.2) is 4.98 Å². The molecule has 0 unspecified atom stereocenters. The van der Waals surface area contributed by atoms with Crippen molar-refractivity contribution in [3.05, 3.63) is 46.3 Å². The maximum absolute atomic E-state index is 5.56. The Morgan fingerprint density at radius 1 is 1.33 bits per heavy atom. The molecular formula is C11H12N2OS. The predicted molar refractivity (Wildman–Crippen MR) is 61.5 cm³/mol. The first-order valence-corrected chi connectivity index (χ1v) is 5.53. The van der Waals surface area contributed by atoms with Crippen LogP contribution >= 0.6 is 11.3 Å². The number of hydrogen-bond donors (Lipinski definition) is 1. The van der Waals surface area contributed by atoms with Crippen molar-refractivity contribution >= 4 is 17.2 Å². The summed E-state index contributed by atoms with van der Waals surface area (Å²) < 4.78 is 5.55. The Morgan fingerprint density at radius 3 is 3.00 bits per heavy atom. The van der Waals surface area contributed by atoms with Crippen LogP contribution in [0.1, 0.15) is 10.4 Å². The first-order valence-electron chi connectivity index (χ1n) is 4.65. The number of anilines is 1. The number of hydrogen-bond acceptors (Lipinski definition) is 4. The van der Waals surface area contributed by atoms with Crippen LogP contribution in [0.4, 0.5) is 5.82 Å². The maximum atomic E-state index is 5.56. The summed E-state index contributed by atoms with van der Waals surface area (Å²) in [5, 5.41) is 2.04. The lowest BCUT2D eigenvalue weighted by molar-refractivity contribution is 0.109. The van der Waals surface area contributed by atoms with Gasteiger partial charge >= 0.3 is 0 Å². The largest absolute Gasteiger partial charge is 0.384 e. The highest BCUT2D eigenvalue weighted by Crippen LogP contribution is 2.11. The first-order chi connectivity index (χ1) is 7.34. The standard InChI is InChI=1S/C11H12N2OS/c12-11-6-9(3-4-13-11)7-14-8-10-2-1-5-15-10/h1-6H,7-8H2,(H2,12,13). The van der Waals surface area contributed by atoms with E-state index in [9.17, 15) is 0 Å². The van der Waals surface area contributed by atoms with Gasteiger partial charge in [0.2, 0.25) is 0 Å². The molecule has 0 aliphatic heterocycles. The fraction of sp³-hybridized carbons (Fsp3) is 0.182. The second kappa shape index (κ2) is 4.91. The van der Waals surface area contributed by atoms with Crippen LogP contribution in [0.2, 0.25) is 0 Å². The van der Waals surface area contributed by atoms with E-state index in [1.807, 2.05) is 23.6 Å². The smallest absolute Gasteiger partial charge is 0.123 e. The highest BCUT2D eigenvalue weighted by molar-refractivity contribution is 7.09. The third-order valence-corrected chi connectivity index (χ3v) is 2.79. The summed E-state index contributed by atoms with van der Waals surface area (Å²) in [4.78, 5) is 5.16. The molecule has 0 atom stereocenters. The molecule has 15 heavy (non-hydrogen) atoms. The molecule has 0 spiro atoms. The molecule has 0 saturated carbocycles. The molecule has 3 nitrogen and oxygen atoms in total. The van der Waals surface area contributed by atoms with Crippen LogP contribution in [-0.2, 0) is 18.0 Å². The second-order valence-electron chi connectivity index (χ2n) is 3.16. The van der Waals surface area contributed by atoms with Crippen LogP contribution in [0.25, 0.3) is 0 Å². The lowest BCUT2D eigenvalue weighted by Gasteiger charge is -2.03. The van der Waals surface area contributed by atoms with Crippen molar-refractivity contribution < 1.29 is 4.74 Å². The van der Waals surface area contributed by atoms with Gasteiger partial charge in [-0.3, -0.25) is 0 Å². The van der Waals surface area contributed by atoms with Gasteiger partial charge in [-0.05, 0) is 29.1 Å². The van der Waals surface area contributed by atoms with Crippen molar-refractivity contribution in [3.63, 3.8) is 0 Å². The van der Waals surface area contributed by atoms with Gasteiger partial charge in [0.05, 0.1) is 13.2 Å². The highest BCUT2D eigenvalue weighted by Gasteiger charge is 1.96. The van der Waals surface area contributed by atoms with E-state index in [1.54, 1.807) is 17.5 Å². The van der Waals surface area contributed by atoms with Crippen molar-refractivity contribution in [2.45, 2.75) is 13.2 Å². The Hall–Kier alpha value is -1.39. The zero-order valence-corrected chi connectivity index (χ0v) is 9.04. The predicted octanol–water partition coefficient (Wildman–Crippen LogP) is 2.44. The van der Waals surface area contributed by atoms with Crippen LogP contribution in [0.5, 0.6) is 0 Å². The molecule has 2 aromatic rings. The van der Waals surface area contributed by atoms with Crippen LogP contribution < -0.4 is 5.73 Å². The van der Waals surface area contributed by atoms with E-state index < -0.39 is 0 Å². The molecule has 2 aromatic heterocycles. The van der Waals surface area contributed by atoms with Gasteiger partial charge in [-0.2, -0.15) is 0 Å². The van der Waals surface area contributed by atoms with Crippen LogP contribution in [0.3, 0.4) is 0 Å². The van der Waals surface area contributed by atoms with Gasteiger partial charge in [0, 0.05) is 11.1 Å². The minimum absolute atomic E-state index is 0.534. The van der Waals surface area contributed by atoms with E-state index in [-0.39, 0.29) is 0 Å². The molecular weight excluding hydrogens is 208 g/mol. The number of nitrogens with two attached hydrogens (primary N) is 1. The fourth-order valence-electron chi connectivity index (χ4n) is 1.25. The lowest BCUT2D eigenvalue weighted by atomic mass is 10.3. The van der Waals surface area contributed by atoms with Crippen LogP contribution in [0.15, 0.2) is 35.8 Å². The SMILES string of the molecule is Nc1cc(COCc2cccs2)ccn1. The van der Waals surface area contributed by atoms with Gasteiger partial charge in [0.15, 0.2) is 0 Å². The monoisotopic (exact) mass is 220 g/mol. The number of nitrogen functional groups attached to an aromatic ring is 1. The quantitative estimate of drug-likeness (QED) is 0.861. The molecule has 0 aromatic carbocycles. The van der Waals surface area contributed by atoms with E-state index in [1.165, 1.54) is 4.88 Å². The van der Waals surface area contributed by atoms with Gasteiger partial charge in [0.25, 0.3) is 0 Å². The Morgan fingerprint density at radius 2 is 2.27 bits per heavy atom. The number of thiophene rings is 1. The van der Waals surface area contributed by atoms with E-state index in [2.05, 4.69) is 11.1 Å². The van der Waals surface area contributed by atoms with Crippen molar-refractivity contribution in [1.29, 1.82) is 0 Å². The Bertz CT molecular complexity index is 414. The van der Waals surface area contributed by atoms with E-state index in [0.717, 1.165) is 5.56 Å². The van der Waals surface area contributed by atoms with Gasteiger partial charge in [-0.15, -0.1) is 11.3 Å². The zero-order valence-electron chi connectivity index (χ0n) is 8.22. The molecule has 0 fully saturated rings. The summed E-state index contributed by atoms with van der Waals surface area (Å²) >= 11 is 1.70. The lowest BCUT2D eigenvalue weighted by Crippen LogP contribution is -1.95. The molecule has 0 radical (unpaired) electrons. The molecule has 0 aliphatic rings. The molecule has 0 saturated heterocycles. The molecule has 0 amide bonds. The third-order valence-electron chi connectivity index (χ3n) is 1.94. The maximum Gasteiger partial charge on any atom is 0.123 e. The number of ether oxygens (including phenoxy) is 1. The molecule has 4 heteroatoms. The van der Waals surface area contributed by atoms with Crippen LogP contribution in [-0.4, -0.2) is 4.98 Å². The van der Waals surface area contributed by atoms with Crippen molar-refractivity contribution in [3.8, 4) is 0 Å². The summed E-state index contributed by atoms with van der Waals surface area (Å²) in [6, 6.07) is 7.82. The normalized spacial score (nSPS) is 10.4. The molecule has 0 aliphatic carbocycles. The Balaban J connectivity index is 1.83. The topological polar surface area (TPSA) is 48.1 Å². The van der Waals surface area contributed by atoms with E-state index >= 15 is 0 Å².